The number of anilines is 1. The van der Waals surface area contributed by atoms with Crippen molar-refractivity contribution in [2.24, 2.45) is 0 Å². The van der Waals surface area contributed by atoms with E-state index in [1.807, 2.05) is 0 Å². The Morgan fingerprint density at radius 2 is 1.16 bits per heavy atom. The van der Waals surface area contributed by atoms with Gasteiger partial charge < -0.3 is 5.73 Å². The van der Waals surface area contributed by atoms with Gasteiger partial charge in [-0.1, -0.05) is 0 Å². The van der Waals surface area contributed by atoms with Crippen molar-refractivity contribution in [1.82, 2.24) is 0 Å². The van der Waals surface area contributed by atoms with Gasteiger partial charge in [0.2, 0.25) is 0 Å². The van der Waals surface area contributed by atoms with Crippen molar-refractivity contribution in [2.75, 3.05) is 5.73 Å². The molecule has 0 saturated heterocycles. The van der Waals surface area contributed by atoms with Crippen LogP contribution in [0.2, 0.25) is 0 Å². The number of benzene rings is 1. The molecule has 0 atom stereocenters. The molecule has 0 saturated carbocycles. The lowest BCUT2D eigenvalue weighted by Crippen LogP contribution is -2.07. The van der Waals surface area contributed by atoms with Crippen molar-refractivity contribution in [3.8, 4) is 0 Å². The highest BCUT2D eigenvalue weighted by Crippen LogP contribution is 2.45. The molecule has 0 aliphatic heterocycles. The fraction of sp³-hybridized carbons (Fsp3) is 0. The molecule has 0 amide bonds. The van der Waals surface area contributed by atoms with Gasteiger partial charge in [0.25, 0.3) is 0 Å². The Balaban J connectivity index is 3.94. The van der Waals surface area contributed by atoms with Crippen molar-refractivity contribution >= 4 is 28.4 Å². The quantitative estimate of drug-likeness (QED) is 0.469. The van der Waals surface area contributed by atoms with Gasteiger partial charge in [0.1, 0.15) is 6.07 Å². The van der Waals surface area contributed by atoms with Crippen LogP contribution in [0.25, 0.3) is 0 Å². The van der Waals surface area contributed by atoms with E-state index < -0.39 is 48.1 Å². The first-order chi connectivity index (χ1) is 8.68. The summed E-state index contributed by atoms with van der Waals surface area (Å²) in [6, 6.07) is 0.209. The standard InChI is InChI=1S/C6H3N5O8/c7-4-2(8(12)13)1-3(9(14)15)5(10(16)17)6(4)11(18)19/h1H,7H2. The second-order valence-electron chi connectivity index (χ2n) is 3.05. The predicted molar refractivity (Wildman–Crippen MR) is 57.5 cm³/mol. The molecule has 0 heterocycles. The van der Waals surface area contributed by atoms with Crippen LogP contribution in [0.15, 0.2) is 6.07 Å². The maximum Gasteiger partial charge on any atom is 0.425 e. The molecular formula is C6H3N5O8. The molecule has 1 aromatic rings. The van der Waals surface area contributed by atoms with Gasteiger partial charge >= 0.3 is 22.7 Å². The number of nitrogens with zero attached hydrogens (tertiary/aromatic N) is 4. The third kappa shape index (κ3) is 2.19. The zero-order chi connectivity index (χ0) is 14.9. The van der Waals surface area contributed by atoms with Crippen LogP contribution in [0, 0.1) is 40.5 Å². The van der Waals surface area contributed by atoms with Crippen LogP contribution in [-0.2, 0) is 0 Å². The molecule has 0 radical (unpaired) electrons. The van der Waals surface area contributed by atoms with Crippen LogP contribution < -0.4 is 5.73 Å². The van der Waals surface area contributed by atoms with Crippen LogP contribution in [-0.4, -0.2) is 19.7 Å². The molecule has 0 aromatic heterocycles. The summed E-state index contributed by atoms with van der Waals surface area (Å²) in [5.74, 6) is 0. The number of nitro benzene ring substituents is 4. The van der Waals surface area contributed by atoms with Crippen molar-refractivity contribution in [3.63, 3.8) is 0 Å². The summed E-state index contributed by atoms with van der Waals surface area (Å²) in [6.07, 6.45) is 0. The monoisotopic (exact) mass is 273 g/mol. The summed E-state index contributed by atoms with van der Waals surface area (Å²) < 4.78 is 0. The Kier molecular flexibility index (Phi) is 3.22. The summed E-state index contributed by atoms with van der Waals surface area (Å²) in [4.78, 5) is 37.2. The average Bonchev–Trinajstić information content (AvgIpc) is 2.26. The van der Waals surface area contributed by atoms with Gasteiger partial charge in [0, 0.05) is 0 Å². The number of rotatable bonds is 4. The van der Waals surface area contributed by atoms with Crippen molar-refractivity contribution in [2.45, 2.75) is 0 Å². The zero-order valence-electron chi connectivity index (χ0n) is 8.71. The van der Waals surface area contributed by atoms with Crippen molar-refractivity contribution in [1.29, 1.82) is 0 Å². The normalized spacial score (nSPS) is 9.89. The lowest BCUT2D eigenvalue weighted by Gasteiger charge is -2.01. The molecule has 1 aromatic carbocycles. The molecule has 2 N–H and O–H groups in total. The van der Waals surface area contributed by atoms with Crippen LogP contribution >= 0.6 is 0 Å². The second-order valence-corrected chi connectivity index (χ2v) is 3.05. The molecule has 13 heteroatoms. The first-order valence-electron chi connectivity index (χ1n) is 4.22. The van der Waals surface area contributed by atoms with Gasteiger partial charge in [-0.25, -0.2) is 0 Å². The second kappa shape index (κ2) is 4.47. The van der Waals surface area contributed by atoms with E-state index in [-0.39, 0.29) is 6.07 Å². The van der Waals surface area contributed by atoms with Crippen LogP contribution in [0.5, 0.6) is 0 Å². The van der Waals surface area contributed by atoms with E-state index in [0.717, 1.165) is 0 Å². The predicted octanol–water partition coefficient (Wildman–Crippen LogP) is 0.902. The first kappa shape index (κ1) is 13.7. The highest BCUT2D eigenvalue weighted by atomic mass is 16.7. The maximum absolute atomic E-state index is 10.7. The number of nitrogens with two attached hydrogens (primary N) is 1. The molecule has 1 rings (SSSR count). The Morgan fingerprint density at radius 3 is 1.47 bits per heavy atom. The first-order valence-corrected chi connectivity index (χ1v) is 4.22. The smallest absolute Gasteiger partial charge is 0.387 e. The minimum Gasteiger partial charge on any atom is -0.387 e. The Bertz CT molecular complexity index is 625. The molecule has 0 aliphatic rings. The maximum atomic E-state index is 10.7. The molecule has 19 heavy (non-hydrogen) atoms. The molecule has 0 aliphatic carbocycles. The van der Waals surface area contributed by atoms with Crippen LogP contribution in [0.3, 0.4) is 0 Å². The summed E-state index contributed by atoms with van der Waals surface area (Å²) in [5.41, 5.74) is -1.54. The van der Waals surface area contributed by atoms with Crippen LogP contribution in [0.1, 0.15) is 0 Å². The lowest BCUT2D eigenvalue weighted by molar-refractivity contribution is -0.442. The Hall–Kier alpha value is -3.38. The molecular weight excluding hydrogens is 270 g/mol. The van der Waals surface area contributed by atoms with E-state index >= 15 is 0 Å². The van der Waals surface area contributed by atoms with E-state index in [2.05, 4.69) is 0 Å². The molecule has 0 fully saturated rings. The van der Waals surface area contributed by atoms with E-state index in [1.54, 1.807) is 0 Å². The summed E-state index contributed by atoms with van der Waals surface area (Å²) >= 11 is 0. The molecule has 100 valence electrons. The number of hydrogen-bond donors (Lipinski definition) is 1. The molecule has 13 nitrogen and oxygen atoms in total. The highest BCUT2D eigenvalue weighted by molar-refractivity contribution is 5.84. The van der Waals surface area contributed by atoms with Gasteiger partial charge in [-0.2, -0.15) is 0 Å². The number of nitro groups is 4. The van der Waals surface area contributed by atoms with Gasteiger partial charge in [0.15, 0.2) is 5.69 Å². The molecule has 0 unspecified atom stereocenters. The Morgan fingerprint density at radius 1 is 0.737 bits per heavy atom. The van der Waals surface area contributed by atoms with Crippen molar-refractivity contribution in [3.05, 3.63) is 46.5 Å². The van der Waals surface area contributed by atoms with E-state index in [4.69, 9.17) is 5.73 Å². The van der Waals surface area contributed by atoms with Crippen LogP contribution in [0.4, 0.5) is 28.4 Å². The van der Waals surface area contributed by atoms with Gasteiger partial charge in [-0.3, -0.25) is 40.5 Å². The zero-order valence-corrected chi connectivity index (χ0v) is 8.71. The fourth-order valence-corrected chi connectivity index (χ4v) is 1.30. The minimum absolute atomic E-state index is 0.209. The number of hydrogen-bond acceptors (Lipinski definition) is 9. The third-order valence-electron chi connectivity index (χ3n) is 2.03. The van der Waals surface area contributed by atoms with Gasteiger partial charge in [0.05, 0.1) is 19.7 Å². The van der Waals surface area contributed by atoms with Crippen molar-refractivity contribution < 1.29 is 19.7 Å². The summed E-state index contributed by atoms with van der Waals surface area (Å²) in [7, 11) is 0. The minimum atomic E-state index is -1.50. The van der Waals surface area contributed by atoms with E-state index in [0.29, 0.717) is 0 Å². The van der Waals surface area contributed by atoms with Gasteiger partial charge in [-0.05, 0) is 0 Å². The Labute approximate surface area is 101 Å². The van der Waals surface area contributed by atoms with E-state index in [9.17, 15) is 40.5 Å². The van der Waals surface area contributed by atoms with Gasteiger partial charge in [-0.15, -0.1) is 0 Å². The third-order valence-corrected chi connectivity index (χ3v) is 2.03. The average molecular weight is 273 g/mol. The molecule has 0 spiro atoms. The molecule has 0 bridgehead atoms. The van der Waals surface area contributed by atoms with E-state index in [1.165, 1.54) is 0 Å². The summed E-state index contributed by atoms with van der Waals surface area (Å²) in [5, 5.41) is 42.5. The highest BCUT2D eigenvalue weighted by Gasteiger charge is 2.43. The SMILES string of the molecule is Nc1c([N+](=O)[O-])cc([N+](=O)[O-])c([N+](=O)[O-])c1[N+](=O)[O-]. The number of nitrogen functional groups attached to an aromatic ring is 1. The lowest BCUT2D eigenvalue weighted by atomic mass is 10.1. The summed E-state index contributed by atoms with van der Waals surface area (Å²) in [6.45, 7) is 0. The largest absolute Gasteiger partial charge is 0.425 e. The topological polar surface area (TPSA) is 199 Å². The fourth-order valence-electron chi connectivity index (χ4n) is 1.30.